The molecule has 1 aromatic carbocycles. The van der Waals surface area contributed by atoms with E-state index in [9.17, 15) is 14.7 Å². The molecule has 0 fully saturated rings. The topological polar surface area (TPSA) is 76.9 Å². The molecular weight excluding hydrogens is 258 g/mol. The molecule has 2 N–H and O–H groups in total. The van der Waals surface area contributed by atoms with Crippen molar-refractivity contribution in [1.29, 1.82) is 0 Å². The van der Waals surface area contributed by atoms with Crippen molar-refractivity contribution in [2.24, 2.45) is 0 Å². The van der Waals surface area contributed by atoms with Crippen molar-refractivity contribution < 1.29 is 19.6 Å². The number of hydrogen-bond donors (Lipinski definition) is 2. The van der Waals surface area contributed by atoms with Crippen molar-refractivity contribution in [3.8, 4) is 0 Å². The molecule has 6 heteroatoms. The van der Waals surface area contributed by atoms with Crippen LogP contribution in [0.3, 0.4) is 0 Å². The number of rotatable bonds is 6. The van der Waals surface area contributed by atoms with Gasteiger partial charge in [0, 0.05) is 25.5 Å². The number of carboxylic acids is 1. The normalized spacial score (nSPS) is 12.1. The van der Waals surface area contributed by atoms with Gasteiger partial charge in [-0.2, -0.15) is 0 Å². The standard InChI is InChI=1S/C14H21N3O3/c1-16(2)11-7-5-10(6-8-11)15-13(18)9-12(14(19)20)17(3)4/h5-8,12H,9H2,1-4H3,(H,15,18)(H,19,20)/t12-/m1/s1. The number of benzene rings is 1. The van der Waals surface area contributed by atoms with Gasteiger partial charge in [-0.15, -0.1) is 0 Å². The molecule has 110 valence electrons. The molecule has 0 saturated heterocycles. The molecule has 0 aliphatic carbocycles. The molecule has 0 aliphatic heterocycles. The maximum atomic E-state index is 11.8. The number of nitrogens with one attached hydrogen (secondary N) is 2. The molecule has 6 nitrogen and oxygen atoms in total. The first-order valence-electron chi connectivity index (χ1n) is 6.39. The predicted octanol–water partition coefficient (Wildman–Crippen LogP) is -1.66. The fourth-order valence-electron chi connectivity index (χ4n) is 1.76. The highest BCUT2D eigenvalue weighted by atomic mass is 16.4. The van der Waals surface area contributed by atoms with E-state index in [0.717, 1.165) is 5.69 Å². The quantitative estimate of drug-likeness (QED) is 0.654. The molecule has 1 amide bonds. The second-order valence-electron chi connectivity index (χ2n) is 5.14. The maximum absolute atomic E-state index is 11.8. The average molecular weight is 279 g/mol. The Morgan fingerprint density at radius 1 is 1.25 bits per heavy atom. The van der Waals surface area contributed by atoms with Crippen molar-refractivity contribution in [1.82, 2.24) is 0 Å². The van der Waals surface area contributed by atoms with E-state index in [0.29, 0.717) is 10.6 Å². The number of nitrogens with zero attached hydrogens (tertiary/aromatic N) is 1. The zero-order chi connectivity index (χ0) is 15.3. The zero-order valence-electron chi connectivity index (χ0n) is 12.3. The van der Waals surface area contributed by atoms with Crippen LogP contribution in [0.15, 0.2) is 24.3 Å². The average Bonchev–Trinajstić information content (AvgIpc) is 2.35. The molecule has 20 heavy (non-hydrogen) atoms. The minimum atomic E-state index is -1.22. The summed E-state index contributed by atoms with van der Waals surface area (Å²) in [6.07, 6.45) is -0.111. The third-order valence-electron chi connectivity index (χ3n) is 3.04. The fourth-order valence-corrected chi connectivity index (χ4v) is 1.76. The Labute approximate surface area is 119 Å². The number of carbonyl (C=O) groups is 2. The molecule has 0 spiro atoms. The Morgan fingerprint density at radius 3 is 2.20 bits per heavy atom. The number of amides is 1. The van der Waals surface area contributed by atoms with Gasteiger partial charge in [0.05, 0.1) is 26.5 Å². The van der Waals surface area contributed by atoms with Crippen LogP contribution in [0.25, 0.3) is 0 Å². The number of carboxylic acid groups (broad SMARTS) is 1. The van der Waals surface area contributed by atoms with E-state index >= 15 is 0 Å². The molecular formula is C14H21N3O3. The lowest BCUT2D eigenvalue weighted by atomic mass is 10.1. The monoisotopic (exact) mass is 279 g/mol. The number of carbonyl (C=O) groups excluding carboxylic acids is 2. The van der Waals surface area contributed by atoms with Gasteiger partial charge in [-0.05, 0) is 24.3 Å². The van der Waals surface area contributed by atoms with Gasteiger partial charge in [-0.25, -0.2) is 0 Å². The summed E-state index contributed by atoms with van der Waals surface area (Å²) < 4.78 is 0. The largest absolute Gasteiger partial charge is 0.544 e. The van der Waals surface area contributed by atoms with E-state index in [2.05, 4.69) is 5.32 Å². The number of anilines is 2. The Hall–Kier alpha value is -2.08. The molecule has 0 aliphatic rings. The first-order chi connectivity index (χ1) is 9.31. The second kappa shape index (κ2) is 6.91. The highest BCUT2D eigenvalue weighted by molar-refractivity contribution is 5.93. The number of quaternary nitrogens is 1. The highest BCUT2D eigenvalue weighted by Gasteiger charge is 2.20. The van der Waals surface area contributed by atoms with Crippen molar-refractivity contribution in [3.05, 3.63) is 24.3 Å². The number of hydrogen-bond acceptors (Lipinski definition) is 4. The Balaban J connectivity index is 2.64. The van der Waals surface area contributed by atoms with E-state index in [1.54, 1.807) is 26.2 Å². The van der Waals surface area contributed by atoms with E-state index in [1.807, 2.05) is 31.1 Å². The van der Waals surface area contributed by atoms with Crippen molar-refractivity contribution >= 4 is 23.3 Å². The Kier molecular flexibility index (Phi) is 5.52. The van der Waals surface area contributed by atoms with E-state index < -0.39 is 12.0 Å². The van der Waals surface area contributed by atoms with E-state index in [-0.39, 0.29) is 12.3 Å². The van der Waals surface area contributed by atoms with Crippen LogP contribution in [0.5, 0.6) is 0 Å². The zero-order valence-corrected chi connectivity index (χ0v) is 12.3. The summed E-state index contributed by atoms with van der Waals surface area (Å²) in [5, 5.41) is 13.6. The van der Waals surface area contributed by atoms with Crippen molar-refractivity contribution in [3.63, 3.8) is 0 Å². The predicted molar refractivity (Wildman–Crippen MR) is 75.6 cm³/mol. The summed E-state index contributed by atoms with van der Waals surface area (Å²) in [5.41, 5.74) is 1.67. The minimum Gasteiger partial charge on any atom is -0.544 e. The van der Waals surface area contributed by atoms with Crippen LogP contribution in [-0.2, 0) is 9.59 Å². The van der Waals surface area contributed by atoms with Gasteiger partial charge in [-0.3, -0.25) is 4.79 Å². The molecule has 0 bridgehead atoms. The number of likely N-dealkylation sites (N-methyl/N-ethyl adjacent to an activating group) is 1. The van der Waals surface area contributed by atoms with Crippen LogP contribution in [0, 0.1) is 0 Å². The second-order valence-corrected chi connectivity index (χ2v) is 5.14. The lowest BCUT2D eigenvalue weighted by Gasteiger charge is -2.21. The van der Waals surface area contributed by atoms with Crippen LogP contribution in [-0.4, -0.2) is 46.1 Å². The third kappa shape index (κ3) is 4.55. The lowest BCUT2D eigenvalue weighted by Crippen LogP contribution is -3.12. The SMILES string of the molecule is CN(C)c1ccc(NC(=O)C[C@H](C(=O)[O-])[NH+](C)C)cc1. The lowest BCUT2D eigenvalue weighted by molar-refractivity contribution is -0.878. The summed E-state index contributed by atoms with van der Waals surface area (Å²) >= 11 is 0. The third-order valence-corrected chi connectivity index (χ3v) is 3.04. The van der Waals surface area contributed by atoms with Crippen LogP contribution in [0.2, 0.25) is 0 Å². The van der Waals surface area contributed by atoms with Gasteiger partial charge < -0.3 is 25.0 Å². The van der Waals surface area contributed by atoms with Gasteiger partial charge in [0.1, 0.15) is 6.04 Å². The molecule has 0 unspecified atom stereocenters. The highest BCUT2D eigenvalue weighted by Crippen LogP contribution is 2.15. The minimum absolute atomic E-state index is 0.111. The molecule has 0 aromatic heterocycles. The molecule has 1 aromatic rings. The fraction of sp³-hybridized carbons (Fsp3) is 0.429. The summed E-state index contributed by atoms with van der Waals surface area (Å²) in [6, 6.07) is 6.47. The van der Waals surface area contributed by atoms with Crippen LogP contribution in [0.1, 0.15) is 6.42 Å². The Morgan fingerprint density at radius 2 is 1.80 bits per heavy atom. The molecule has 1 atom stereocenters. The smallest absolute Gasteiger partial charge is 0.230 e. The molecule has 1 rings (SSSR count). The summed E-state index contributed by atoms with van der Waals surface area (Å²) in [4.78, 5) is 25.4. The van der Waals surface area contributed by atoms with Gasteiger partial charge in [-0.1, -0.05) is 0 Å². The van der Waals surface area contributed by atoms with E-state index in [4.69, 9.17) is 0 Å². The van der Waals surface area contributed by atoms with Gasteiger partial charge >= 0.3 is 0 Å². The van der Waals surface area contributed by atoms with Crippen LogP contribution >= 0.6 is 0 Å². The maximum Gasteiger partial charge on any atom is 0.230 e. The summed E-state index contributed by atoms with van der Waals surface area (Å²) in [7, 11) is 7.22. The van der Waals surface area contributed by atoms with Crippen molar-refractivity contribution in [2.75, 3.05) is 38.4 Å². The Bertz CT molecular complexity index is 469. The summed E-state index contributed by atoms with van der Waals surface area (Å²) in [6.45, 7) is 0. The van der Waals surface area contributed by atoms with E-state index in [1.165, 1.54) is 0 Å². The number of aliphatic carboxylic acids is 1. The molecule has 0 heterocycles. The first kappa shape index (κ1) is 16.0. The first-order valence-corrected chi connectivity index (χ1v) is 6.39. The van der Waals surface area contributed by atoms with Crippen molar-refractivity contribution in [2.45, 2.75) is 12.5 Å². The van der Waals surface area contributed by atoms with Gasteiger partial charge in [0.2, 0.25) is 5.91 Å². The van der Waals surface area contributed by atoms with Gasteiger partial charge in [0.15, 0.2) is 0 Å². The van der Waals surface area contributed by atoms with Gasteiger partial charge in [0.25, 0.3) is 0 Å². The molecule has 0 saturated carbocycles. The molecule has 0 radical (unpaired) electrons. The van der Waals surface area contributed by atoms with Crippen LogP contribution < -0.4 is 20.2 Å². The summed E-state index contributed by atoms with van der Waals surface area (Å²) in [5.74, 6) is -1.55. The van der Waals surface area contributed by atoms with Crippen LogP contribution in [0.4, 0.5) is 11.4 Å².